The van der Waals surface area contributed by atoms with E-state index in [2.05, 4.69) is 5.32 Å². The van der Waals surface area contributed by atoms with E-state index in [-0.39, 0.29) is 29.6 Å². The normalized spacial score (nSPS) is 17.0. The van der Waals surface area contributed by atoms with Crippen LogP contribution in [0.2, 0.25) is 0 Å². The summed E-state index contributed by atoms with van der Waals surface area (Å²) in [6, 6.07) is 25.6. The molecule has 1 heterocycles. The molecular weight excluding hydrogens is 517 g/mol. The van der Waals surface area contributed by atoms with Gasteiger partial charge >= 0.3 is 0 Å². The van der Waals surface area contributed by atoms with Crippen LogP contribution >= 0.6 is 0 Å². The standard InChI is InChI=1S/C33H32FN5O2/c34-28-7-3-4-8-31(28)41-26-15-20-5-1-2-6-27(20)23(16-26)19-39-29-18-22(32(36)37)10-9-21(29)17-30(39)33(40)38-25-13-11-24(35)12-14-25/h1-10,15-18,24-25H,11-14,19,35H2,(H3,36,37)(H,38,40)/t24-,25-. The van der Waals surface area contributed by atoms with Gasteiger partial charge in [0.2, 0.25) is 0 Å². The first-order valence-corrected chi connectivity index (χ1v) is 13.8. The summed E-state index contributed by atoms with van der Waals surface area (Å²) in [6.45, 7) is 0.345. The molecule has 6 rings (SSSR count). The molecule has 1 saturated carbocycles. The molecule has 6 N–H and O–H groups in total. The minimum absolute atomic E-state index is 0.0464. The number of amidine groups is 1. The van der Waals surface area contributed by atoms with Crippen LogP contribution in [0.3, 0.4) is 0 Å². The van der Waals surface area contributed by atoms with Gasteiger partial charge in [0.15, 0.2) is 11.6 Å². The SMILES string of the molecule is N=C(N)c1ccc2cc(C(=O)N[C@H]3CC[C@H](N)CC3)n(Cc3cc(Oc4ccccc4F)cc4ccccc34)c2c1. The van der Waals surface area contributed by atoms with Crippen molar-refractivity contribution < 1.29 is 13.9 Å². The Morgan fingerprint density at radius 3 is 2.49 bits per heavy atom. The first kappa shape index (κ1) is 26.5. The Balaban J connectivity index is 1.44. The second-order valence-electron chi connectivity index (χ2n) is 10.7. The van der Waals surface area contributed by atoms with Gasteiger partial charge in [-0.15, -0.1) is 0 Å². The van der Waals surface area contributed by atoms with Gasteiger partial charge in [0.05, 0.1) is 0 Å². The minimum Gasteiger partial charge on any atom is -0.454 e. The largest absolute Gasteiger partial charge is 0.454 e. The molecule has 1 aromatic heterocycles. The lowest BCUT2D eigenvalue weighted by Crippen LogP contribution is -2.41. The summed E-state index contributed by atoms with van der Waals surface area (Å²) >= 11 is 0. The Morgan fingerprint density at radius 1 is 0.951 bits per heavy atom. The molecule has 0 spiro atoms. The van der Waals surface area contributed by atoms with E-state index in [4.69, 9.17) is 21.6 Å². The number of nitrogens with zero attached hydrogens (tertiary/aromatic N) is 1. The van der Waals surface area contributed by atoms with Crippen LogP contribution in [0.15, 0.2) is 84.9 Å². The molecule has 8 heteroatoms. The number of carbonyl (C=O) groups is 1. The number of benzene rings is 4. The summed E-state index contributed by atoms with van der Waals surface area (Å²) in [4.78, 5) is 13.7. The third kappa shape index (κ3) is 5.51. The summed E-state index contributed by atoms with van der Waals surface area (Å²) < 4.78 is 22.4. The van der Waals surface area contributed by atoms with E-state index < -0.39 is 5.82 Å². The number of nitrogens with one attached hydrogen (secondary N) is 2. The fourth-order valence-electron chi connectivity index (χ4n) is 5.68. The van der Waals surface area contributed by atoms with Gasteiger partial charge in [-0.05, 0) is 78.4 Å². The molecule has 5 aromatic rings. The Morgan fingerprint density at radius 2 is 1.71 bits per heavy atom. The Labute approximate surface area is 237 Å². The first-order chi connectivity index (χ1) is 19.9. The predicted molar refractivity (Wildman–Crippen MR) is 160 cm³/mol. The number of nitrogen functional groups attached to an aromatic ring is 1. The van der Waals surface area contributed by atoms with Crippen molar-refractivity contribution in [1.29, 1.82) is 5.41 Å². The molecular formula is C33H32FN5O2. The monoisotopic (exact) mass is 549 g/mol. The zero-order valence-corrected chi connectivity index (χ0v) is 22.6. The van der Waals surface area contributed by atoms with Gasteiger partial charge in [-0.3, -0.25) is 10.2 Å². The number of halogens is 1. The predicted octanol–water partition coefficient (Wildman–Crippen LogP) is 6.06. The van der Waals surface area contributed by atoms with E-state index in [9.17, 15) is 9.18 Å². The summed E-state index contributed by atoms with van der Waals surface area (Å²) in [5.74, 6) is -0.0187. The van der Waals surface area contributed by atoms with Gasteiger partial charge in [0, 0.05) is 35.1 Å². The number of hydrogen-bond donors (Lipinski definition) is 4. The fourth-order valence-corrected chi connectivity index (χ4v) is 5.68. The van der Waals surface area contributed by atoms with Crippen LogP contribution in [0.4, 0.5) is 4.39 Å². The molecule has 208 valence electrons. The molecule has 0 saturated heterocycles. The summed E-state index contributed by atoms with van der Waals surface area (Å²) in [5.41, 5.74) is 14.7. The van der Waals surface area contributed by atoms with Gasteiger partial charge in [-0.2, -0.15) is 0 Å². The molecule has 4 aromatic carbocycles. The lowest BCUT2D eigenvalue weighted by molar-refractivity contribution is 0.0917. The van der Waals surface area contributed by atoms with Gasteiger partial charge < -0.3 is 26.1 Å². The van der Waals surface area contributed by atoms with E-state index in [0.717, 1.165) is 52.9 Å². The van der Waals surface area contributed by atoms with Crippen molar-refractivity contribution >= 4 is 33.4 Å². The number of para-hydroxylation sites is 1. The highest BCUT2D eigenvalue weighted by Gasteiger charge is 2.24. The topological polar surface area (TPSA) is 119 Å². The molecule has 0 bridgehead atoms. The van der Waals surface area contributed by atoms with Crippen LogP contribution in [0, 0.1) is 11.2 Å². The van der Waals surface area contributed by atoms with E-state index in [1.54, 1.807) is 24.3 Å². The molecule has 1 fully saturated rings. The molecule has 1 aliphatic rings. The Bertz CT molecular complexity index is 1770. The summed E-state index contributed by atoms with van der Waals surface area (Å²) in [6.07, 6.45) is 3.47. The van der Waals surface area contributed by atoms with E-state index in [1.807, 2.05) is 59.2 Å². The van der Waals surface area contributed by atoms with Crippen LogP contribution in [-0.4, -0.2) is 28.4 Å². The molecule has 0 radical (unpaired) electrons. The highest BCUT2D eigenvalue weighted by molar-refractivity contribution is 6.02. The van der Waals surface area contributed by atoms with Crippen LogP contribution in [0.5, 0.6) is 11.5 Å². The number of nitrogens with two attached hydrogens (primary N) is 2. The maximum absolute atomic E-state index is 14.4. The second-order valence-corrected chi connectivity index (χ2v) is 10.7. The van der Waals surface area contributed by atoms with Gasteiger partial charge in [-0.1, -0.05) is 48.5 Å². The second kappa shape index (κ2) is 11.1. The van der Waals surface area contributed by atoms with Crippen molar-refractivity contribution in [1.82, 2.24) is 9.88 Å². The number of aromatic nitrogens is 1. The average Bonchev–Trinajstić information content (AvgIpc) is 3.33. The lowest BCUT2D eigenvalue weighted by Gasteiger charge is -2.27. The molecule has 0 aliphatic heterocycles. The van der Waals surface area contributed by atoms with Crippen LogP contribution < -0.4 is 21.5 Å². The summed E-state index contributed by atoms with van der Waals surface area (Å²) in [7, 11) is 0. The molecule has 0 unspecified atom stereocenters. The first-order valence-electron chi connectivity index (χ1n) is 13.8. The van der Waals surface area contributed by atoms with Crippen LogP contribution in [0.1, 0.15) is 47.3 Å². The van der Waals surface area contributed by atoms with Gasteiger partial charge in [0.25, 0.3) is 5.91 Å². The van der Waals surface area contributed by atoms with Crippen molar-refractivity contribution in [3.8, 4) is 11.5 Å². The number of rotatable bonds is 7. The minimum atomic E-state index is -0.446. The maximum Gasteiger partial charge on any atom is 0.268 e. The van der Waals surface area contributed by atoms with Crippen molar-refractivity contribution in [2.24, 2.45) is 11.5 Å². The summed E-state index contributed by atoms with van der Waals surface area (Å²) in [5, 5.41) is 14.0. The fraction of sp³-hybridized carbons (Fsp3) is 0.212. The Hall–Kier alpha value is -4.69. The smallest absolute Gasteiger partial charge is 0.268 e. The number of fused-ring (bicyclic) bond motifs is 2. The highest BCUT2D eigenvalue weighted by Crippen LogP contribution is 2.32. The molecule has 1 aliphatic carbocycles. The number of ether oxygens (including phenoxy) is 1. The van der Waals surface area contributed by atoms with Crippen molar-refractivity contribution in [2.75, 3.05) is 0 Å². The lowest BCUT2D eigenvalue weighted by atomic mass is 9.92. The van der Waals surface area contributed by atoms with Gasteiger partial charge in [0.1, 0.15) is 17.3 Å². The Kier molecular flexibility index (Phi) is 7.15. The zero-order chi connectivity index (χ0) is 28.5. The van der Waals surface area contributed by atoms with Crippen LogP contribution in [-0.2, 0) is 6.54 Å². The van der Waals surface area contributed by atoms with E-state index in [1.165, 1.54) is 6.07 Å². The molecule has 7 nitrogen and oxygen atoms in total. The number of amides is 1. The quantitative estimate of drug-likeness (QED) is 0.146. The average molecular weight is 550 g/mol. The molecule has 1 amide bonds. The van der Waals surface area contributed by atoms with E-state index in [0.29, 0.717) is 23.6 Å². The van der Waals surface area contributed by atoms with Crippen molar-refractivity contribution in [3.63, 3.8) is 0 Å². The third-order valence-corrected chi connectivity index (χ3v) is 7.87. The van der Waals surface area contributed by atoms with Crippen molar-refractivity contribution in [2.45, 2.75) is 44.3 Å². The van der Waals surface area contributed by atoms with Crippen LogP contribution in [0.25, 0.3) is 21.7 Å². The third-order valence-electron chi connectivity index (χ3n) is 7.87. The number of carbonyl (C=O) groups excluding carboxylic acids is 1. The van der Waals surface area contributed by atoms with Gasteiger partial charge in [-0.25, -0.2) is 4.39 Å². The zero-order valence-electron chi connectivity index (χ0n) is 22.6. The van der Waals surface area contributed by atoms with E-state index >= 15 is 0 Å². The maximum atomic E-state index is 14.4. The highest BCUT2D eigenvalue weighted by atomic mass is 19.1. The molecule has 0 atom stereocenters. The molecule has 41 heavy (non-hydrogen) atoms. The van der Waals surface area contributed by atoms with Crippen molar-refractivity contribution in [3.05, 3.63) is 108 Å². The number of hydrogen-bond acceptors (Lipinski definition) is 4.